The van der Waals surface area contributed by atoms with Crippen molar-refractivity contribution in [3.05, 3.63) is 47.9 Å². The predicted octanol–water partition coefficient (Wildman–Crippen LogP) is 3.54. The lowest BCUT2D eigenvalue weighted by molar-refractivity contribution is 0.102. The van der Waals surface area contributed by atoms with Crippen LogP contribution in [-0.4, -0.2) is 39.2 Å². The molecule has 1 saturated heterocycles. The standard InChI is InChI=1S/C22H25N5O2/c1-14-5-8-26(13-14)18-10-19-15(11-22(2,3)29-19)9-17(18)25-21(28)16-12-24-27-7-4-6-23-20(16)27/h4,6-7,9-10,12,14H,5,8,11,13H2,1-3H3,(H,25,28)/t14-/m0/s1. The molecule has 0 aliphatic carbocycles. The van der Waals surface area contributed by atoms with Gasteiger partial charge in [-0.1, -0.05) is 6.92 Å². The summed E-state index contributed by atoms with van der Waals surface area (Å²) in [6, 6.07) is 5.95. The number of amides is 1. The van der Waals surface area contributed by atoms with Crippen LogP contribution in [0, 0.1) is 5.92 Å². The smallest absolute Gasteiger partial charge is 0.261 e. The van der Waals surface area contributed by atoms with Gasteiger partial charge in [-0.2, -0.15) is 5.10 Å². The zero-order chi connectivity index (χ0) is 20.2. The average molecular weight is 391 g/mol. The number of nitrogens with one attached hydrogen (secondary N) is 1. The Morgan fingerprint density at radius 1 is 1.34 bits per heavy atom. The maximum Gasteiger partial charge on any atom is 0.261 e. The number of aromatic nitrogens is 3. The highest BCUT2D eigenvalue weighted by atomic mass is 16.5. The van der Waals surface area contributed by atoms with Crippen LogP contribution >= 0.6 is 0 Å². The first-order chi connectivity index (χ1) is 13.9. The Kier molecular flexibility index (Phi) is 4.01. The van der Waals surface area contributed by atoms with Gasteiger partial charge in [0.1, 0.15) is 16.9 Å². The molecule has 0 radical (unpaired) electrons. The Morgan fingerprint density at radius 2 is 2.21 bits per heavy atom. The molecule has 29 heavy (non-hydrogen) atoms. The predicted molar refractivity (Wildman–Crippen MR) is 112 cm³/mol. The van der Waals surface area contributed by atoms with Gasteiger partial charge in [0.2, 0.25) is 0 Å². The first-order valence-electron chi connectivity index (χ1n) is 10.1. The van der Waals surface area contributed by atoms with Crippen molar-refractivity contribution in [1.29, 1.82) is 0 Å². The van der Waals surface area contributed by atoms with E-state index in [4.69, 9.17) is 4.74 Å². The van der Waals surface area contributed by atoms with E-state index in [1.165, 1.54) is 0 Å². The number of fused-ring (bicyclic) bond motifs is 2. The summed E-state index contributed by atoms with van der Waals surface area (Å²) in [7, 11) is 0. The van der Waals surface area contributed by atoms with Gasteiger partial charge in [-0.3, -0.25) is 4.79 Å². The first-order valence-corrected chi connectivity index (χ1v) is 10.1. The second-order valence-corrected chi connectivity index (χ2v) is 8.76. The van der Waals surface area contributed by atoms with Crippen molar-refractivity contribution in [3.63, 3.8) is 0 Å². The van der Waals surface area contributed by atoms with E-state index in [1.807, 2.05) is 0 Å². The van der Waals surface area contributed by atoms with Crippen molar-refractivity contribution in [1.82, 2.24) is 14.6 Å². The minimum atomic E-state index is -0.229. The van der Waals surface area contributed by atoms with Gasteiger partial charge < -0.3 is 15.0 Å². The number of carbonyl (C=O) groups excluding carboxylic acids is 1. The van der Waals surface area contributed by atoms with E-state index in [-0.39, 0.29) is 11.5 Å². The lowest BCUT2D eigenvalue weighted by Gasteiger charge is -2.23. The summed E-state index contributed by atoms with van der Waals surface area (Å²) in [4.78, 5) is 19.7. The van der Waals surface area contributed by atoms with Crippen LogP contribution in [-0.2, 0) is 6.42 Å². The van der Waals surface area contributed by atoms with Crippen LogP contribution in [0.25, 0.3) is 5.65 Å². The van der Waals surface area contributed by atoms with Crippen molar-refractivity contribution >= 4 is 22.9 Å². The number of hydrogen-bond acceptors (Lipinski definition) is 5. The van der Waals surface area contributed by atoms with E-state index in [0.717, 1.165) is 48.6 Å². The molecule has 0 unspecified atom stereocenters. The number of nitrogens with zero attached hydrogens (tertiary/aromatic N) is 4. The molecule has 1 atom stereocenters. The minimum Gasteiger partial charge on any atom is -0.487 e. The van der Waals surface area contributed by atoms with Gasteiger partial charge in [-0.05, 0) is 38.3 Å². The molecule has 1 amide bonds. The van der Waals surface area contributed by atoms with Gasteiger partial charge in [-0.15, -0.1) is 0 Å². The molecule has 2 aliphatic heterocycles. The summed E-state index contributed by atoms with van der Waals surface area (Å²) < 4.78 is 7.76. The third kappa shape index (κ3) is 3.20. The first kappa shape index (κ1) is 18.0. The summed E-state index contributed by atoms with van der Waals surface area (Å²) >= 11 is 0. The van der Waals surface area contributed by atoms with Crippen molar-refractivity contribution in [2.24, 2.45) is 5.92 Å². The number of carbonyl (C=O) groups is 1. The quantitative estimate of drug-likeness (QED) is 0.739. The van der Waals surface area contributed by atoms with E-state index in [9.17, 15) is 4.79 Å². The van der Waals surface area contributed by atoms with Crippen molar-refractivity contribution in [3.8, 4) is 5.75 Å². The fraction of sp³-hybridized carbons (Fsp3) is 0.409. The van der Waals surface area contributed by atoms with Gasteiger partial charge in [0, 0.05) is 43.5 Å². The van der Waals surface area contributed by atoms with Gasteiger partial charge in [-0.25, -0.2) is 9.50 Å². The molecule has 4 heterocycles. The molecule has 0 bridgehead atoms. The van der Waals surface area contributed by atoms with Crippen LogP contribution in [0.4, 0.5) is 11.4 Å². The molecule has 5 rings (SSSR count). The average Bonchev–Trinajstić information content (AvgIpc) is 3.36. The summed E-state index contributed by atoms with van der Waals surface area (Å²) in [5.74, 6) is 1.35. The number of rotatable bonds is 3. The molecule has 7 heteroatoms. The molecule has 1 fully saturated rings. The Bertz CT molecular complexity index is 1100. The zero-order valence-corrected chi connectivity index (χ0v) is 17.0. The number of ether oxygens (including phenoxy) is 1. The highest BCUT2D eigenvalue weighted by molar-refractivity contribution is 6.09. The molecule has 0 saturated carbocycles. The molecule has 2 aromatic heterocycles. The van der Waals surface area contributed by atoms with Gasteiger partial charge in [0.05, 0.1) is 17.6 Å². The molecule has 2 aliphatic rings. The van der Waals surface area contributed by atoms with Crippen LogP contribution in [0.3, 0.4) is 0 Å². The monoisotopic (exact) mass is 391 g/mol. The molecule has 150 valence electrons. The molecule has 3 aromatic rings. The summed E-state index contributed by atoms with van der Waals surface area (Å²) in [6.45, 7) is 8.39. The molecule has 7 nitrogen and oxygen atoms in total. The normalized spacial score (nSPS) is 20.0. The van der Waals surface area contributed by atoms with Crippen LogP contribution in [0.2, 0.25) is 0 Å². The van der Waals surface area contributed by atoms with E-state index >= 15 is 0 Å². The van der Waals surface area contributed by atoms with Gasteiger partial charge in [0.25, 0.3) is 5.91 Å². The van der Waals surface area contributed by atoms with E-state index in [2.05, 4.69) is 53.2 Å². The third-order valence-electron chi connectivity index (χ3n) is 5.72. The van der Waals surface area contributed by atoms with Crippen molar-refractivity contribution < 1.29 is 9.53 Å². The molecule has 1 N–H and O–H groups in total. The zero-order valence-electron chi connectivity index (χ0n) is 17.0. The summed E-state index contributed by atoms with van der Waals surface area (Å²) in [5, 5.41) is 7.36. The number of hydrogen-bond donors (Lipinski definition) is 1. The highest BCUT2D eigenvalue weighted by Gasteiger charge is 2.33. The Balaban J connectivity index is 1.52. The van der Waals surface area contributed by atoms with Crippen molar-refractivity contribution in [2.75, 3.05) is 23.3 Å². The van der Waals surface area contributed by atoms with Crippen LogP contribution < -0.4 is 15.0 Å². The third-order valence-corrected chi connectivity index (χ3v) is 5.72. The van der Waals surface area contributed by atoms with E-state index < -0.39 is 0 Å². The molecular formula is C22H25N5O2. The number of anilines is 2. The summed E-state index contributed by atoms with van der Waals surface area (Å²) in [6.07, 6.45) is 6.98. The topological polar surface area (TPSA) is 71.8 Å². The Labute approximate surface area is 169 Å². The van der Waals surface area contributed by atoms with Crippen LogP contribution in [0.1, 0.15) is 43.1 Å². The van der Waals surface area contributed by atoms with Crippen LogP contribution in [0.5, 0.6) is 5.75 Å². The summed E-state index contributed by atoms with van der Waals surface area (Å²) in [5.41, 5.74) is 3.74. The lowest BCUT2D eigenvalue weighted by Crippen LogP contribution is -2.24. The Morgan fingerprint density at radius 3 is 3.00 bits per heavy atom. The van der Waals surface area contributed by atoms with Crippen LogP contribution in [0.15, 0.2) is 36.8 Å². The minimum absolute atomic E-state index is 0.203. The van der Waals surface area contributed by atoms with Crippen molar-refractivity contribution in [2.45, 2.75) is 39.2 Å². The number of benzene rings is 1. The fourth-order valence-electron chi connectivity index (χ4n) is 4.33. The van der Waals surface area contributed by atoms with Gasteiger partial charge >= 0.3 is 0 Å². The van der Waals surface area contributed by atoms with E-state index in [1.54, 1.807) is 29.2 Å². The van der Waals surface area contributed by atoms with Gasteiger partial charge in [0.15, 0.2) is 5.65 Å². The largest absolute Gasteiger partial charge is 0.487 e. The second-order valence-electron chi connectivity index (χ2n) is 8.76. The lowest BCUT2D eigenvalue weighted by atomic mass is 10.0. The second kappa shape index (κ2) is 6.47. The fourth-order valence-corrected chi connectivity index (χ4v) is 4.33. The maximum absolute atomic E-state index is 13.1. The SMILES string of the molecule is C[C@H]1CCN(c2cc3c(cc2NC(=O)c2cnn4cccnc24)CC(C)(C)O3)C1. The Hall–Kier alpha value is -3.09. The molecular weight excluding hydrogens is 366 g/mol. The molecule has 0 spiro atoms. The maximum atomic E-state index is 13.1. The highest BCUT2D eigenvalue weighted by Crippen LogP contribution is 2.42. The molecule has 1 aromatic carbocycles. The van der Waals surface area contributed by atoms with E-state index in [0.29, 0.717) is 17.1 Å².